The summed E-state index contributed by atoms with van der Waals surface area (Å²) in [7, 11) is 0.380. The zero-order valence-corrected chi connectivity index (χ0v) is 13.2. The molecular formula is C10H24NaO2P. The van der Waals surface area contributed by atoms with Gasteiger partial charge < -0.3 is 6.53 Å². The Balaban J connectivity index is -0.0000000883. The molecule has 0 bridgehead atoms. The first-order valence-corrected chi connectivity index (χ1v) is 7.51. The van der Waals surface area contributed by atoms with Crippen LogP contribution in [0.5, 0.6) is 0 Å². The fourth-order valence-corrected chi connectivity index (χ4v) is 0.703. The molecule has 0 aliphatic carbocycles. The van der Waals surface area contributed by atoms with Crippen molar-refractivity contribution < 1.29 is 40.9 Å². The van der Waals surface area contributed by atoms with Gasteiger partial charge in [0.25, 0.3) is 0 Å². The van der Waals surface area contributed by atoms with Gasteiger partial charge in [-0.05, 0) is 26.4 Å². The van der Waals surface area contributed by atoms with Crippen molar-refractivity contribution >= 4 is 13.9 Å². The molecule has 0 aromatic rings. The van der Waals surface area contributed by atoms with Crippen LogP contribution in [0.3, 0.4) is 0 Å². The number of hydrogen-bond acceptors (Lipinski definition) is 1. The molecule has 4 heteroatoms. The van der Waals surface area contributed by atoms with E-state index in [-0.39, 0.29) is 31.0 Å². The van der Waals surface area contributed by atoms with Gasteiger partial charge in [-0.15, -0.1) is 7.92 Å². The standard InChI is InChI=1S/C7H14O2.C3H9P.Na.H/c1-2-3-4-5-6-7(8)9;1-4(2)3;;/h2-6H2,1H3,(H,8,9);1-3H3;;/q;;+1;-1. The van der Waals surface area contributed by atoms with Crippen LogP contribution in [0, 0.1) is 0 Å². The molecule has 0 heterocycles. The Morgan fingerprint density at radius 3 is 1.93 bits per heavy atom. The number of hydrogen-bond donors (Lipinski definition) is 1. The van der Waals surface area contributed by atoms with E-state index in [9.17, 15) is 4.79 Å². The molecule has 0 aromatic carbocycles. The van der Waals surface area contributed by atoms with Crippen LogP contribution in [0.4, 0.5) is 0 Å². The van der Waals surface area contributed by atoms with Gasteiger partial charge >= 0.3 is 35.5 Å². The summed E-state index contributed by atoms with van der Waals surface area (Å²) >= 11 is 0. The maximum Gasteiger partial charge on any atom is 1.00 e. The van der Waals surface area contributed by atoms with Gasteiger partial charge in [0.05, 0.1) is 0 Å². The predicted octanol–water partition coefficient (Wildman–Crippen LogP) is 0.516. The van der Waals surface area contributed by atoms with Crippen molar-refractivity contribution in [3.05, 3.63) is 0 Å². The number of unbranched alkanes of at least 4 members (excludes halogenated alkanes) is 3. The molecule has 14 heavy (non-hydrogen) atoms. The third-order valence-electron chi connectivity index (χ3n) is 1.24. The van der Waals surface area contributed by atoms with Crippen molar-refractivity contribution in [1.29, 1.82) is 0 Å². The van der Waals surface area contributed by atoms with Crippen molar-refractivity contribution in [2.45, 2.75) is 39.0 Å². The normalized spacial score (nSPS) is 8.64. The second-order valence-electron chi connectivity index (χ2n) is 3.55. The Morgan fingerprint density at radius 1 is 1.21 bits per heavy atom. The largest absolute Gasteiger partial charge is 1.00 e. The summed E-state index contributed by atoms with van der Waals surface area (Å²) in [5.41, 5.74) is 0. The molecule has 0 saturated heterocycles. The molecule has 0 atom stereocenters. The first-order valence-electron chi connectivity index (χ1n) is 4.83. The van der Waals surface area contributed by atoms with E-state index in [0.717, 1.165) is 19.3 Å². The Kier molecular flexibility index (Phi) is 23.7. The molecule has 0 aromatic heterocycles. The monoisotopic (exact) mass is 230 g/mol. The SMILES string of the molecule is CCCCCCC(=O)O.CP(C)C.[H-].[Na+]. The average Bonchev–Trinajstić information content (AvgIpc) is 1.97. The summed E-state index contributed by atoms with van der Waals surface area (Å²) in [6.45, 7) is 8.81. The molecule has 0 fully saturated rings. The van der Waals surface area contributed by atoms with Gasteiger partial charge in [-0.2, -0.15) is 0 Å². The third kappa shape index (κ3) is 38.4. The zero-order chi connectivity index (χ0) is 10.7. The molecule has 0 spiro atoms. The van der Waals surface area contributed by atoms with Crippen LogP contribution >= 0.6 is 7.92 Å². The van der Waals surface area contributed by atoms with Gasteiger partial charge in [0.15, 0.2) is 0 Å². The second kappa shape index (κ2) is 16.3. The second-order valence-corrected chi connectivity index (χ2v) is 6.23. The number of rotatable bonds is 5. The van der Waals surface area contributed by atoms with Crippen molar-refractivity contribution in [2.75, 3.05) is 20.0 Å². The molecule has 1 N–H and O–H groups in total. The van der Waals surface area contributed by atoms with Crippen LogP contribution in [-0.4, -0.2) is 31.1 Å². The molecular weight excluding hydrogens is 206 g/mol. The summed E-state index contributed by atoms with van der Waals surface area (Å²) in [6, 6.07) is 0. The van der Waals surface area contributed by atoms with E-state index in [0.29, 0.717) is 14.3 Å². The van der Waals surface area contributed by atoms with Crippen molar-refractivity contribution in [3.63, 3.8) is 0 Å². The maximum atomic E-state index is 9.96. The summed E-state index contributed by atoms with van der Waals surface area (Å²) in [5.74, 6) is -0.675. The molecule has 2 nitrogen and oxygen atoms in total. The molecule has 0 aliphatic heterocycles. The molecule has 82 valence electrons. The number of carboxylic acid groups (broad SMARTS) is 1. The van der Waals surface area contributed by atoms with Crippen molar-refractivity contribution in [3.8, 4) is 0 Å². The number of carbonyl (C=O) groups is 1. The van der Waals surface area contributed by atoms with Crippen LogP contribution in [0.1, 0.15) is 40.5 Å². The van der Waals surface area contributed by atoms with Gasteiger partial charge in [0.2, 0.25) is 0 Å². The van der Waals surface area contributed by atoms with Crippen LogP contribution in [0.25, 0.3) is 0 Å². The van der Waals surface area contributed by atoms with Gasteiger partial charge in [0.1, 0.15) is 0 Å². The Labute approximate surface area is 113 Å². The first-order chi connectivity index (χ1) is 6.00. The molecule has 0 amide bonds. The predicted molar refractivity (Wildman–Crippen MR) is 62.2 cm³/mol. The first kappa shape index (κ1) is 20.3. The van der Waals surface area contributed by atoms with E-state index in [1.165, 1.54) is 6.42 Å². The van der Waals surface area contributed by atoms with Crippen LogP contribution < -0.4 is 29.6 Å². The summed E-state index contributed by atoms with van der Waals surface area (Å²) in [6.07, 6.45) is 4.55. The van der Waals surface area contributed by atoms with Gasteiger partial charge in [0, 0.05) is 6.42 Å². The molecule has 0 saturated carbocycles. The summed E-state index contributed by atoms with van der Waals surface area (Å²) in [5, 5.41) is 8.21. The van der Waals surface area contributed by atoms with E-state index >= 15 is 0 Å². The van der Waals surface area contributed by atoms with E-state index in [1.54, 1.807) is 0 Å². The minimum atomic E-state index is -0.675. The Hall–Kier alpha value is 0.900. The fourth-order valence-electron chi connectivity index (χ4n) is 0.703. The number of aliphatic carboxylic acids is 1. The van der Waals surface area contributed by atoms with Crippen molar-refractivity contribution in [2.24, 2.45) is 0 Å². The third-order valence-corrected chi connectivity index (χ3v) is 1.24. The Bertz CT molecular complexity index is 121. The van der Waals surface area contributed by atoms with Crippen LogP contribution in [0.15, 0.2) is 0 Å². The van der Waals surface area contributed by atoms with Crippen LogP contribution in [0.2, 0.25) is 0 Å². The van der Waals surface area contributed by atoms with Gasteiger partial charge in [-0.25, -0.2) is 0 Å². The maximum absolute atomic E-state index is 9.96. The van der Waals surface area contributed by atoms with Gasteiger partial charge in [-0.1, -0.05) is 26.2 Å². The Morgan fingerprint density at radius 2 is 1.64 bits per heavy atom. The van der Waals surface area contributed by atoms with E-state index in [4.69, 9.17) is 5.11 Å². The van der Waals surface area contributed by atoms with Crippen LogP contribution in [-0.2, 0) is 4.79 Å². The fraction of sp³-hybridized carbons (Fsp3) is 0.900. The minimum absolute atomic E-state index is 0. The average molecular weight is 230 g/mol. The molecule has 0 rings (SSSR count). The topological polar surface area (TPSA) is 37.3 Å². The summed E-state index contributed by atoms with van der Waals surface area (Å²) in [4.78, 5) is 9.96. The van der Waals surface area contributed by atoms with Gasteiger partial charge in [-0.3, -0.25) is 4.79 Å². The summed E-state index contributed by atoms with van der Waals surface area (Å²) < 4.78 is 0. The number of carboxylic acids is 1. The van der Waals surface area contributed by atoms with E-state index in [2.05, 4.69) is 26.9 Å². The minimum Gasteiger partial charge on any atom is -1.00 e. The van der Waals surface area contributed by atoms with E-state index in [1.807, 2.05) is 0 Å². The van der Waals surface area contributed by atoms with Crippen molar-refractivity contribution in [1.82, 2.24) is 0 Å². The smallest absolute Gasteiger partial charge is 1.00 e. The van der Waals surface area contributed by atoms with E-state index < -0.39 is 5.97 Å². The quantitative estimate of drug-likeness (QED) is 0.424. The molecule has 0 radical (unpaired) electrons. The molecule has 0 unspecified atom stereocenters. The molecule has 0 aliphatic rings. The zero-order valence-electron chi connectivity index (χ0n) is 11.3.